The van der Waals surface area contributed by atoms with Crippen molar-refractivity contribution in [1.29, 1.82) is 0 Å². The monoisotopic (exact) mass is 528 g/mol. The van der Waals surface area contributed by atoms with Gasteiger partial charge < -0.3 is 24.2 Å². The Kier molecular flexibility index (Phi) is 8.93. The number of carbonyl (C=O) groups is 1. The second kappa shape index (κ2) is 12.9. The summed E-state index contributed by atoms with van der Waals surface area (Å²) < 4.78 is 16.6. The zero-order chi connectivity index (χ0) is 27.0. The molecule has 1 atom stereocenters. The van der Waals surface area contributed by atoms with E-state index in [1.165, 1.54) is 21.9 Å². The fourth-order valence-electron chi connectivity index (χ4n) is 5.03. The average molecular weight is 529 g/mol. The number of ether oxygens (including phenoxy) is 3. The molecule has 2 aliphatic rings. The fraction of sp³-hybridized carbons (Fsp3) is 0.344. The van der Waals surface area contributed by atoms with Crippen molar-refractivity contribution in [3.05, 3.63) is 83.9 Å². The number of hydrogen-bond donors (Lipinski definition) is 1. The molecular weight excluding hydrogens is 492 g/mol. The lowest BCUT2D eigenvalue weighted by molar-refractivity contribution is -0.129. The van der Waals surface area contributed by atoms with Gasteiger partial charge in [0.1, 0.15) is 24.2 Å². The van der Waals surface area contributed by atoms with E-state index in [0.717, 1.165) is 30.8 Å². The van der Waals surface area contributed by atoms with Gasteiger partial charge in [-0.25, -0.2) is 0 Å². The number of β-amino-alcohol motifs (C(OH)–C–C–N with tert-alkyl or cyclic N) is 1. The molecule has 204 valence electrons. The Labute approximate surface area is 229 Å². The first-order chi connectivity index (χ1) is 19.1. The third-order valence-corrected chi connectivity index (χ3v) is 7.26. The minimum absolute atomic E-state index is 0.0328. The van der Waals surface area contributed by atoms with E-state index >= 15 is 0 Å². The number of carbonyl (C=O) groups excluding carboxylic acids is 1. The molecular formula is C32H36N2O5. The van der Waals surface area contributed by atoms with Crippen molar-refractivity contribution in [3.8, 4) is 11.5 Å². The van der Waals surface area contributed by atoms with Gasteiger partial charge in [-0.2, -0.15) is 0 Å². The van der Waals surface area contributed by atoms with Crippen molar-refractivity contribution in [3.63, 3.8) is 0 Å². The third kappa shape index (κ3) is 7.06. The number of methoxy groups -OCH3 is 1. The Morgan fingerprint density at radius 2 is 1.85 bits per heavy atom. The van der Waals surface area contributed by atoms with E-state index in [2.05, 4.69) is 41.3 Å². The van der Waals surface area contributed by atoms with Gasteiger partial charge in [0.25, 0.3) is 0 Å². The van der Waals surface area contributed by atoms with E-state index < -0.39 is 6.10 Å². The van der Waals surface area contributed by atoms with E-state index in [1.54, 1.807) is 24.2 Å². The van der Waals surface area contributed by atoms with Crippen LogP contribution in [-0.4, -0.2) is 86.6 Å². The first-order valence-corrected chi connectivity index (χ1v) is 13.5. The topological polar surface area (TPSA) is 71.5 Å². The molecule has 1 fully saturated rings. The number of rotatable bonds is 9. The van der Waals surface area contributed by atoms with Gasteiger partial charge in [0, 0.05) is 44.4 Å². The highest BCUT2D eigenvalue weighted by Crippen LogP contribution is 2.28. The molecule has 1 unspecified atom stereocenters. The van der Waals surface area contributed by atoms with Crippen LogP contribution in [0.25, 0.3) is 22.4 Å². The van der Waals surface area contributed by atoms with Crippen molar-refractivity contribution in [1.82, 2.24) is 9.80 Å². The summed E-state index contributed by atoms with van der Waals surface area (Å²) in [6, 6.07) is 20.3. The molecule has 1 amide bonds. The lowest BCUT2D eigenvalue weighted by Gasteiger charge is -2.28. The molecule has 1 saturated heterocycles. The summed E-state index contributed by atoms with van der Waals surface area (Å²) in [5, 5.41) is 13.1. The van der Waals surface area contributed by atoms with Gasteiger partial charge in [-0.15, -0.1) is 0 Å². The molecule has 2 aliphatic heterocycles. The number of morpholine rings is 1. The average Bonchev–Trinajstić information content (AvgIpc) is 2.99. The van der Waals surface area contributed by atoms with E-state index in [0.29, 0.717) is 38.6 Å². The predicted octanol–water partition coefficient (Wildman–Crippen LogP) is 4.25. The Hall–Kier alpha value is -3.65. The number of nitrogens with zero attached hydrogens (tertiary/aromatic N) is 2. The van der Waals surface area contributed by atoms with Crippen molar-refractivity contribution < 1.29 is 24.1 Å². The molecule has 3 aromatic carbocycles. The molecule has 3 aromatic rings. The van der Waals surface area contributed by atoms with E-state index in [4.69, 9.17) is 14.2 Å². The van der Waals surface area contributed by atoms with Gasteiger partial charge in [-0.05, 0) is 58.7 Å². The van der Waals surface area contributed by atoms with Gasteiger partial charge in [0.2, 0.25) is 5.91 Å². The Morgan fingerprint density at radius 1 is 1.05 bits per heavy atom. The molecule has 5 rings (SSSR count). The van der Waals surface area contributed by atoms with Crippen LogP contribution in [0.1, 0.15) is 17.5 Å². The number of hydrogen-bond acceptors (Lipinski definition) is 6. The quantitative estimate of drug-likeness (QED) is 0.419. The molecule has 7 nitrogen and oxygen atoms in total. The van der Waals surface area contributed by atoms with Crippen LogP contribution in [0.2, 0.25) is 0 Å². The van der Waals surface area contributed by atoms with Gasteiger partial charge in [-0.3, -0.25) is 9.69 Å². The fourth-order valence-corrected chi connectivity index (χ4v) is 5.03. The lowest BCUT2D eigenvalue weighted by Crippen LogP contribution is -2.39. The van der Waals surface area contributed by atoms with Gasteiger partial charge in [-0.1, -0.05) is 42.5 Å². The Balaban J connectivity index is 1.12. The highest BCUT2D eigenvalue weighted by atomic mass is 16.5. The summed E-state index contributed by atoms with van der Waals surface area (Å²) >= 11 is 0. The third-order valence-electron chi connectivity index (χ3n) is 7.26. The van der Waals surface area contributed by atoms with Crippen molar-refractivity contribution in [2.24, 2.45) is 0 Å². The maximum absolute atomic E-state index is 12.5. The molecule has 0 bridgehead atoms. The normalized spacial score (nSPS) is 17.3. The molecule has 7 heteroatoms. The number of benzene rings is 3. The molecule has 1 N–H and O–H groups in total. The number of aliphatic hydroxyl groups excluding tert-OH is 1. The van der Waals surface area contributed by atoms with Crippen molar-refractivity contribution >= 4 is 28.3 Å². The smallest absolute Gasteiger partial charge is 0.246 e. The van der Waals surface area contributed by atoms with Crippen LogP contribution in [0.3, 0.4) is 0 Å². The zero-order valence-corrected chi connectivity index (χ0v) is 22.4. The minimum atomic E-state index is -0.623. The summed E-state index contributed by atoms with van der Waals surface area (Å²) in [6.07, 6.45) is 5.92. The standard InChI is InChI=1S/C32H36N2O5/c1-37-30-10-8-27-20-26(6-7-28(27)21-30)24-12-14-33(15-13-24)22-29(35)23-39-31-5-3-2-4-25(31)9-11-32(36)34-16-18-38-19-17-34/h2-12,20-21,29,35H,13-19,22-23H2,1H3. The van der Waals surface area contributed by atoms with Crippen molar-refractivity contribution in [2.45, 2.75) is 12.5 Å². The molecule has 39 heavy (non-hydrogen) atoms. The second-order valence-corrected chi connectivity index (χ2v) is 9.94. The highest BCUT2D eigenvalue weighted by molar-refractivity contribution is 5.92. The molecule has 0 saturated carbocycles. The van der Waals surface area contributed by atoms with Crippen LogP contribution >= 0.6 is 0 Å². The zero-order valence-electron chi connectivity index (χ0n) is 22.4. The SMILES string of the molecule is COc1ccc2cc(C3=CCN(CC(O)COc4ccccc4C=CC(=O)N4CCOCC4)CC3)ccc2c1. The maximum atomic E-state index is 12.5. The molecule has 0 spiro atoms. The van der Waals surface area contributed by atoms with Crippen LogP contribution in [0.5, 0.6) is 11.5 Å². The molecule has 0 aromatic heterocycles. The lowest BCUT2D eigenvalue weighted by atomic mass is 9.96. The first-order valence-electron chi connectivity index (χ1n) is 13.5. The van der Waals surface area contributed by atoms with Crippen LogP contribution < -0.4 is 9.47 Å². The predicted molar refractivity (Wildman–Crippen MR) is 154 cm³/mol. The summed E-state index contributed by atoms with van der Waals surface area (Å²) in [4.78, 5) is 16.5. The Bertz CT molecular complexity index is 1350. The summed E-state index contributed by atoms with van der Waals surface area (Å²) in [6.45, 7) is 4.76. The van der Waals surface area contributed by atoms with E-state index in [1.807, 2.05) is 30.3 Å². The van der Waals surface area contributed by atoms with Gasteiger partial charge in [0.05, 0.1) is 20.3 Å². The minimum Gasteiger partial charge on any atom is -0.497 e. The van der Waals surface area contributed by atoms with Crippen LogP contribution in [0, 0.1) is 0 Å². The van der Waals surface area contributed by atoms with Crippen LogP contribution in [0.15, 0.2) is 72.8 Å². The number of fused-ring (bicyclic) bond motifs is 1. The summed E-state index contributed by atoms with van der Waals surface area (Å²) in [7, 11) is 1.69. The largest absolute Gasteiger partial charge is 0.497 e. The highest BCUT2D eigenvalue weighted by Gasteiger charge is 2.18. The van der Waals surface area contributed by atoms with Crippen LogP contribution in [-0.2, 0) is 9.53 Å². The van der Waals surface area contributed by atoms with Gasteiger partial charge >= 0.3 is 0 Å². The van der Waals surface area contributed by atoms with Gasteiger partial charge in [0.15, 0.2) is 0 Å². The summed E-state index contributed by atoms with van der Waals surface area (Å²) in [5.74, 6) is 1.48. The second-order valence-electron chi connectivity index (χ2n) is 9.94. The van der Waals surface area contributed by atoms with Crippen molar-refractivity contribution in [2.75, 3.05) is 59.7 Å². The van der Waals surface area contributed by atoms with E-state index in [-0.39, 0.29) is 12.5 Å². The number of aliphatic hydroxyl groups is 1. The summed E-state index contributed by atoms with van der Waals surface area (Å²) in [5.41, 5.74) is 3.39. The first kappa shape index (κ1) is 26.9. The Morgan fingerprint density at radius 3 is 2.64 bits per heavy atom. The molecule has 0 aliphatic carbocycles. The molecule has 2 heterocycles. The van der Waals surface area contributed by atoms with Crippen LogP contribution in [0.4, 0.5) is 0 Å². The number of para-hydroxylation sites is 1. The molecule has 0 radical (unpaired) electrons. The van der Waals surface area contributed by atoms with E-state index in [9.17, 15) is 9.90 Å². The number of amides is 1. The maximum Gasteiger partial charge on any atom is 0.246 e.